The van der Waals surface area contributed by atoms with Crippen molar-refractivity contribution in [2.75, 3.05) is 11.9 Å². The van der Waals surface area contributed by atoms with E-state index in [2.05, 4.69) is 31.4 Å². The van der Waals surface area contributed by atoms with Crippen LogP contribution < -0.4 is 10.6 Å². The van der Waals surface area contributed by atoms with Crippen molar-refractivity contribution in [1.29, 1.82) is 0 Å². The molecule has 0 unspecified atom stereocenters. The minimum Gasteiger partial charge on any atom is -0.462 e. The molecule has 0 atom stereocenters. The van der Waals surface area contributed by atoms with Gasteiger partial charge in [0.1, 0.15) is 5.00 Å². The molecule has 1 aromatic heterocycles. The molecule has 6 heteroatoms. The Hall–Kier alpha value is -1.14. The largest absolute Gasteiger partial charge is 0.462 e. The highest BCUT2D eigenvalue weighted by atomic mass is 32.1. The highest BCUT2D eigenvalue weighted by molar-refractivity contribution is 7.80. The summed E-state index contributed by atoms with van der Waals surface area (Å²) in [6, 6.07) is 0.413. The third kappa shape index (κ3) is 6.22. The fraction of sp³-hybridized carbons (Fsp3) is 0.760. The number of anilines is 1. The fourth-order valence-corrected chi connectivity index (χ4v) is 6.67. The number of carbonyl (C=O) groups excluding carboxylic acids is 1. The number of hydrogen-bond donors (Lipinski definition) is 2. The third-order valence-corrected chi connectivity index (χ3v) is 8.88. The van der Waals surface area contributed by atoms with Crippen molar-refractivity contribution < 1.29 is 9.53 Å². The molecule has 0 spiro atoms. The number of hydrogen-bond acceptors (Lipinski definition) is 4. The molecule has 0 bridgehead atoms. The van der Waals surface area contributed by atoms with Crippen LogP contribution in [0, 0.1) is 11.3 Å². The second-order valence-corrected chi connectivity index (χ2v) is 11.3. The zero-order valence-electron chi connectivity index (χ0n) is 19.8. The highest BCUT2D eigenvalue weighted by Gasteiger charge is 2.32. The predicted molar refractivity (Wildman–Crippen MR) is 135 cm³/mol. The lowest BCUT2D eigenvalue weighted by Crippen LogP contribution is -2.41. The van der Waals surface area contributed by atoms with Gasteiger partial charge in [-0.15, -0.1) is 11.3 Å². The van der Waals surface area contributed by atoms with Crippen molar-refractivity contribution in [3.05, 3.63) is 16.0 Å². The van der Waals surface area contributed by atoms with Crippen LogP contribution in [0.3, 0.4) is 0 Å². The summed E-state index contributed by atoms with van der Waals surface area (Å²) >= 11 is 7.38. The number of carbonyl (C=O) groups is 1. The summed E-state index contributed by atoms with van der Waals surface area (Å²) in [5, 5.41) is 8.42. The molecule has 1 heterocycles. The van der Waals surface area contributed by atoms with Crippen molar-refractivity contribution in [3.63, 3.8) is 0 Å². The summed E-state index contributed by atoms with van der Waals surface area (Å²) in [6.45, 7) is 9.36. The van der Waals surface area contributed by atoms with Crippen LogP contribution >= 0.6 is 23.6 Å². The molecule has 31 heavy (non-hydrogen) atoms. The first-order chi connectivity index (χ1) is 14.9. The fourth-order valence-electron chi connectivity index (χ4n) is 5.06. The van der Waals surface area contributed by atoms with E-state index in [1.54, 1.807) is 11.3 Å². The van der Waals surface area contributed by atoms with Gasteiger partial charge in [0.05, 0.1) is 12.2 Å². The van der Waals surface area contributed by atoms with Crippen molar-refractivity contribution in [2.45, 2.75) is 104 Å². The summed E-state index contributed by atoms with van der Waals surface area (Å²) in [6.07, 6.45) is 12.9. The molecule has 2 N–H and O–H groups in total. The minimum absolute atomic E-state index is 0.215. The second kappa shape index (κ2) is 11.1. The average Bonchev–Trinajstić information content (AvgIpc) is 3.04. The van der Waals surface area contributed by atoms with Crippen LogP contribution in [-0.2, 0) is 17.6 Å². The number of thiocarbonyl (C=S) groups is 1. The molecule has 0 saturated heterocycles. The molecule has 3 rings (SSSR count). The molecule has 174 valence electrons. The van der Waals surface area contributed by atoms with Gasteiger partial charge < -0.3 is 15.4 Å². The average molecular weight is 465 g/mol. The molecule has 1 saturated carbocycles. The summed E-state index contributed by atoms with van der Waals surface area (Å²) in [7, 11) is 0. The van der Waals surface area contributed by atoms with E-state index < -0.39 is 0 Å². The topological polar surface area (TPSA) is 50.4 Å². The number of esters is 1. The molecule has 1 aromatic rings. The molecular weight excluding hydrogens is 424 g/mol. The van der Waals surface area contributed by atoms with Gasteiger partial charge >= 0.3 is 5.97 Å². The van der Waals surface area contributed by atoms with Gasteiger partial charge in [0.2, 0.25) is 0 Å². The highest BCUT2D eigenvalue weighted by Crippen LogP contribution is 2.41. The molecular formula is C25H40N2O2S2. The smallest absolute Gasteiger partial charge is 0.341 e. The second-order valence-electron chi connectivity index (χ2n) is 9.83. The molecule has 1 fully saturated rings. The van der Waals surface area contributed by atoms with Gasteiger partial charge in [-0.1, -0.05) is 40.0 Å². The molecule has 0 amide bonds. The Kier molecular flexibility index (Phi) is 8.80. The van der Waals surface area contributed by atoms with E-state index in [4.69, 9.17) is 17.0 Å². The Morgan fingerprint density at radius 1 is 1.10 bits per heavy atom. The number of aryl methyl sites for hydroxylation is 1. The van der Waals surface area contributed by atoms with E-state index in [0.717, 1.165) is 48.6 Å². The Labute approximate surface area is 197 Å². The maximum atomic E-state index is 12.8. The van der Waals surface area contributed by atoms with Gasteiger partial charge in [0.25, 0.3) is 0 Å². The standard InChI is InChI=1S/C25H40N2O2S2/c1-5-25(3,4)17-13-15-18(16-14-17)26-24(30)27-22-21(23(28)29-6-2)19-11-9-7-8-10-12-20(19)31-22/h17-18H,5-16H2,1-4H3,(H2,26,27,30). The monoisotopic (exact) mass is 464 g/mol. The van der Waals surface area contributed by atoms with Crippen molar-refractivity contribution in [3.8, 4) is 0 Å². The number of ether oxygens (including phenoxy) is 1. The van der Waals surface area contributed by atoms with Crippen LogP contribution in [0.4, 0.5) is 5.00 Å². The summed E-state index contributed by atoms with van der Waals surface area (Å²) in [5.41, 5.74) is 2.34. The van der Waals surface area contributed by atoms with E-state index in [9.17, 15) is 4.79 Å². The van der Waals surface area contributed by atoms with Crippen LogP contribution in [-0.4, -0.2) is 23.7 Å². The summed E-state index contributed by atoms with van der Waals surface area (Å²) in [4.78, 5) is 14.1. The SMILES string of the molecule is CCOC(=O)c1c(NC(=S)NC2CCC(C(C)(C)CC)CC2)sc2c1CCCCCC2. The van der Waals surface area contributed by atoms with Crippen molar-refractivity contribution in [2.24, 2.45) is 11.3 Å². The Bertz CT molecular complexity index is 764. The van der Waals surface area contributed by atoms with Crippen LogP contribution in [0.5, 0.6) is 0 Å². The molecule has 2 aliphatic carbocycles. The third-order valence-electron chi connectivity index (χ3n) is 7.46. The van der Waals surface area contributed by atoms with Gasteiger partial charge in [-0.25, -0.2) is 4.79 Å². The number of nitrogens with one attached hydrogen (secondary N) is 2. The van der Waals surface area contributed by atoms with Crippen molar-refractivity contribution in [1.82, 2.24) is 5.32 Å². The van der Waals surface area contributed by atoms with Gasteiger partial charge in [0.15, 0.2) is 5.11 Å². The van der Waals surface area contributed by atoms with Crippen molar-refractivity contribution >= 4 is 39.6 Å². The minimum atomic E-state index is -0.215. The first kappa shape index (κ1) is 24.5. The maximum absolute atomic E-state index is 12.8. The Morgan fingerprint density at radius 3 is 2.42 bits per heavy atom. The Balaban J connectivity index is 1.67. The lowest BCUT2D eigenvalue weighted by molar-refractivity contribution is 0.0526. The van der Waals surface area contributed by atoms with E-state index >= 15 is 0 Å². The van der Waals surface area contributed by atoms with E-state index in [-0.39, 0.29) is 5.97 Å². The quantitative estimate of drug-likeness (QED) is 0.355. The number of fused-ring (bicyclic) bond motifs is 1. The lowest BCUT2D eigenvalue weighted by atomic mass is 9.69. The predicted octanol–water partition coefficient (Wildman–Crippen LogP) is 6.87. The molecule has 0 aliphatic heterocycles. The summed E-state index contributed by atoms with van der Waals surface area (Å²) < 4.78 is 5.41. The normalized spacial score (nSPS) is 22.1. The van der Waals surface area contributed by atoms with Gasteiger partial charge in [-0.05, 0) is 87.4 Å². The number of rotatable bonds is 6. The zero-order valence-corrected chi connectivity index (χ0v) is 21.4. The first-order valence-corrected chi connectivity index (χ1v) is 13.5. The van der Waals surface area contributed by atoms with Crippen LogP contribution in [0.1, 0.15) is 106 Å². The first-order valence-electron chi connectivity index (χ1n) is 12.2. The van der Waals surface area contributed by atoms with Gasteiger partial charge in [-0.3, -0.25) is 0 Å². The Morgan fingerprint density at radius 2 is 1.77 bits per heavy atom. The molecule has 0 radical (unpaired) electrons. The molecule has 4 nitrogen and oxygen atoms in total. The van der Waals surface area contributed by atoms with Crippen LogP contribution in [0.15, 0.2) is 0 Å². The van der Waals surface area contributed by atoms with E-state index in [1.807, 2.05) is 6.92 Å². The maximum Gasteiger partial charge on any atom is 0.341 e. The lowest BCUT2D eigenvalue weighted by Gasteiger charge is -2.39. The number of thiophene rings is 1. The van der Waals surface area contributed by atoms with E-state index in [1.165, 1.54) is 49.0 Å². The molecule has 2 aliphatic rings. The zero-order chi connectivity index (χ0) is 22.4. The molecule has 0 aromatic carbocycles. The van der Waals surface area contributed by atoms with Gasteiger partial charge in [-0.2, -0.15) is 0 Å². The van der Waals surface area contributed by atoms with Gasteiger partial charge in [0, 0.05) is 10.9 Å². The van der Waals surface area contributed by atoms with Crippen LogP contribution in [0.2, 0.25) is 0 Å². The van der Waals surface area contributed by atoms with E-state index in [0.29, 0.717) is 23.2 Å². The summed E-state index contributed by atoms with van der Waals surface area (Å²) in [5.74, 6) is 0.581. The van der Waals surface area contributed by atoms with Crippen LogP contribution in [0.25, 0.3) is 0 Å².